The normalized spacial score (nSPS) is 13.7. The second-order valence-corrected chi connectivity index (χ2v) is 8.91. The number of carbonyl (C=O) groups excluding carboxylic acids is 1. The van der Waals surface area contributed by atoms with Gasteiger partial charge in [-0.1, -0.05) is 17.8 Å². The van der Waals surface area contributed by atoms with Crippen molar-refractivity contribution >= 4 is 34.1 Å². The SMILES string of the molecule is Cc1cc(C)c(-c2csc(NC(=O)CSc3nnc(C4CC4)n3N)n2)cc1C. The molecule has 4 rings (SSSR count). The largest absolute Gasteiger partial charge is 0.336 e. The third-order valence-corrected chi connectivity index (χ3v) is 6.53. The molecule has 1 aliphatic carbocycles. The van der Waals surface area contributed by atoms with E-state index in [1.807, 2.05) is 5.38 Å². The van der Waals surface area contributed by atoms with Crippen molar-refractivity contribution in [3.05, 3.63) is 40.0 Å². The van der Waals surface area contributed by atoms with Crippen LogP contribution in [-0.2, 0) is 4.79 Å². The Morgan fingerprint density at radius 1 is 1.25 bits per heavy atom. The van der Waals surface area contributed by atoms with E-state index < -0.39 is 0 Å². The van der Waals surface area contributed by atoms with Crippen molar-refractivity contribution in [1.29, 1.82) is 0 Å². The fourth-order valence-corrected chi connectivity index (χ4v) is 4.37. The van der Waals surface area contributed by atoms with E-state index in [1.54, 1.807) is 0 Å². The van der Waals surface area contributed by atoms with Crippen LogP contribution >= 0.6 is 23.1 Å². The predicted octanol–water partition coefficient (Wildman–Crippen LogP) is 3.65. The van der Waals surface area contributed by atoms with Crippen LogP contribution < -0.4 is 11.2 Å². The van der Waals surface area contributed by atoms with Gasteiger partial charge in [0, 0.05) is 16.9 Å². The van der Waals surface area contributed by atoms with Crippen molar-refractivity contribution in [3.8, 4) is 11.3 Å². The van der Waals surface area contributed by atoms with Crippen molar-refractivity contribution in [2.24, 2.45) is 0 Å². The van der Waals surface area contributed by atoms with Gasteiger partial charge >= 0.3 is 0 Å². The van der Waals surface area contributed by atoms with Gasteiger partial charge in [-0.05, 0) is 56.4 Å². The van der Waals surface area contributed by atoms with Crippen LogP contribution in [0.15, 0.2) is 22.7 Å². The van der Waals surface area contributed by atoms with Crippen LogP contribution in [0.5, 0.6) is 0 Å². The van der Waals surface area contributed by atoms with Crippen LogP contribution in [0.3, 0.4) is 0 Å². The molecule has 0 unspecified atom stereocenters. The van der Waals surface area contributed by atoms with Crippen molar-refractivity contribution in [1.82, 2.24) is 19.9 Å². The molecule has 0 saturated heterocycles. The number of carbonyl (C=O) groups is 1. The lowest BCUT2D eigenvalue weighted by molar-refractivity contribution is -0.113. The zero-order chi connectivity index (χ0) is 19.8. The van der Waals surface area contributed by atoms with E-state index in [0.29, 0.717) is 16.2 Å². The molecule has 146 valence electrons. The molecule has 1 fully saturated rings. The standard InChI is InChI=1S/C19H22N6OS2/c1-10-6-12(3)14(7-11(10)2)15-8-27-18(21-15)22-16(26)9-28-19-24-23-17(25(19)20)13-4-5-13/h6-8,13H,4-5,9,20H2,1-3H3,(H,21,22,26). The number of anilines is 1. The van der Waals surface area contributed by atoms with Crippen LogP contribution in [0.25, 0.3) is 11.3 Å². The number of benzene rings is 1. The number of rotatable bonds is 6. The second-order valence-electron chi connectivity index (χ2n) is 7.11. The lowest BCUT2D eigenvalue weighted by Gasteiger charge is -2.07. The number of hydrogen-bond donors (Lipinski definition) is 2. The number of aromatic nitrogens is 4. The smallest absolute Gasteiger partial charge is 0.236 e. The number of nitrogens with zero attached hydrogens (tertiary/aromatic N) is 4. The molecule has 0 aliphatic heterocycles. The summed E-state index contributed by atoms with van der Waals surface area (Å²) in [5.74, 6) is 7.30. The van der Waals surface area contributed by atoms with Gasteiger partial charge < -0.3 is 11.2 Å². The third kappa shape index (κ3) is 3.90. The summed E-state index contributed by atoms with van der Waals surface area (Å²) < 4.78 is 1.50. The number of amides is 1. The fraction of sp³-hybridized carbons (Fsp3) is 0.368. The van der Waals surface area contributed by atoms with E-state index in [1.165, 1.54) is 44.5 Å². The van der Waals surface area contributed by atoms with Gasteiger partial charge in [-0.15, -0.1) is 21.5 Å². The van der Waals surface area contributed by atoms with E-state index in [0.717, 1.165) is 29.9 Å². The predicted molar refractivity (Wildman–Crippen MR) is 113 cm³/mol. The Kier molecular flexibility index (Phi) is 5.11. The highest BCUT2D eigenvalue weighted by Gasteiger charge is 2.30. The summed E-state index contributed by atoms with van der Waals surface area (Å²) in [6.07, 6.45) is 2.21. The summed E-state index contributed by atoms with van der Waals surface area (Å²) in [4.78, 5) is 16.9. The first-order valence-corrected chi connectivity index (χ1v) is 11.0. The molecule has 0 radical (unpaired) electrons. The molecule has 9 heteroatoms. The zero-order valence-electron chi connectivity index (χ0n) is 16.0. The maximum atomic E-state index is 12.3. The highest BCUT2D eigenvalue weighted by atomic mass is 32.2. The van der Waals surface area contributed by atoms with E-state index >= 15 is 0 Å². The Balaban J connectivity index is 1.38. The van der Waals surface area contributed by atoms with Gasteiger partial charge in [0.25, 0.3) is 0 Å². The number of nitrogens with one attached hydrogen (secondary N) is 1. The van der Waals surface area contributed by atoms with Gasteiger partial charge in [0.15, 0.2) is 11.0 Å². The first kappa shape index (κ1) is 18.9. The average molecular weight is 415 g/mol. The summed E-state index contributed by atoms with van der Waals surface area (Å²) in [5, 5.41) is 14.2. The Morgan fingerprint density at radius 3 is 2.75 bits per heavy atom. The molecule has 28 heavy (non-hydrogen) atoms. The topological polar surface area (TPSA) is 98.7 Å². The van der Waals surface area contributed by atoms with Crippen molar-refractivity contribution in [3.63, 3.8) is 0 Å². The molecule has 2 aromatic heterocycles. The van der Waals surface area contributed by atoms with Crippen molar-refractivity contribution < 1.29 is 4.79 Å². The summed E-state index contributed by atoms with van der Waals surface area (Å²) >= 11 is 2.70. The van der Waals surface area contributed by atoms with Gasteiger partial charge in [-0.3, -0.25) is 4.79 Å². The zero-order valence-corrected chi connectivity index (χ0v) is 17.7. The summed E-state index contributed by atoms with van der Waals surface area (Å²) in [6.45, 7) is 6.27. The fourth-order valence-electron chi connectivity index (χ4n) is 2.98. The Labute approximate surface area is 171 Å². The number of nitrogens with two attached hydrogens (primary N) is 1. The molecule has 1 aromatic carbocycles. The molecule has 3 N–H and O–H groups in total. The molecule has 1 saturated carbocycles. The number of aryl methyl sites for hydroxylation is 3. The van der Waals surface area contributed by atoms with Crippen molar-refractivity contribution in [2.45, 2.75) is 44.7 Å². The summed E-state index contributed by atoms with van der Waals surface area (Å²) in [5.41, 5.74) is 5.64. The lowest BCUT2D eigenvalue weighted by atomic mass is 9.99. The molecule has 0 bridgehead atoms. The van der Waals surface area contributed by atoms with Gasteiger partial charge in [-0.2, -0.15) is 0 Å². The van der Waals surface area contributed by atoms with Crippen molar-refractivity contribution in [2.75, 3.05) is 16.9 Å². The number of thioether (sulfide) groups is 1. The van der Waals surface area contributed by atoms with Crippen LogP contribution in [-0.4, -0.2) is 31.5 Å². The monoisotopic (exact) mass is 414 g/mol. The van der Waals surface area contributed by atoms with Crippen LogP contribution in [0, 0.1) is 20.8 Å². The van der Waals surface area contributed by atoms with Crippen LogP contribution in [0.2, 0.25) is 0 Å². The molecule has 1 amide bonds. The van der Waals surface area contributed by atoms with Gasteiger partial charge in [0.05, 0.1) is 11.4 Å². The highest BCUT2D eigenvalue weighted by Crippen LogP contribution is 2.39. The molecular formula is C19H22N6OS2. The van der Waals surface area contributed by atoms with Crippen LogP contribution in [0.1, 0.15) is 41.3 Å². The van der Waals surface area contributed by atoms with Gasteiger partial charge in [0.2, 0.25) is 11.1 Å². The third-order valence-electron chi connectivity index (χ3n) is 4.83. The van der Waals surface area contributed by atoms with Crippen LogP contribution in [0.4, 0.5) is 5.13 Å². The van der Waals surface area contributed by atoms with E-state index in [9.17, 15) is 4.79 Å². The lowest BCUT2D eigenvalue weighted by Crippen LogP contribution is -2.17. The van der Waals surface area contributed by atoms with Gasteiger partial charge in [-0.25, -0.2) is 9.66 Å². The maximum absolute atomic E-state index is 12.3. The Morgan fingerprint density at radius 2 is 2.00 bits per heavy atom. The molecule has 0 spiro atoms. The summed E-state index contributed by atoms with van der Waals surface area (Å²) in [6, 6.07) is 4.31. The quantitative estimate of drug-likeness (QED) is 0.472. The summed E-state index contributed by atoms with van der Waals surface area (Å²) in [7, 11) is 0. The Bertz CT molecular complexity index is 1040. The highest BCUT2D eigenvalue weighted by molar-refractivity contribution is 7.99. The molecule has 1 aliphatic rings. The maximum Gasteiger partial charge on any atom is 0.236 e. The molecule has 3 aromatic rings. The molecule has 0 atom stereocenters. The van der Waals surface area contributed by atoms with E-state index in [-0.39, 0.29) is 11.7 Å². The second kappa shape index (κ2) is 7.56. The minimum absolute atomic E-state index is 0.140. The molecule has 7 nitrogen and oxygen atoms in total. The van der Waals surface area contributed by atoms with E-state index in [2.05, 4.69) is 53.4 Å². The number of thiazole rings is 1. The first-order chi connectivity index (χ1) is 13.4. The first-order valence-electron chi connectivity index (χ1n) is 9.09. The average Bonchev–Trinajstić information content (AvgIpc) is 3.28. The van der Waals surface area contributed by atoms with Gasteiger partial charge in [0.1, 0.15) is 0 Å². The minimum Gasteiger partial charge on any atom is -0.336 e. The Hall–Kier alpha value is -2.39. The number of nitrogen functional groups attached to an aromatic ring is 1. The number of hydrogen-bond acceptors (Lipinski definition) is 7. The molecule has 2 heterocycles. The minimum atomic E-state index is -0.140. The van der Waals surface area contributed by atoms with E-state index in [4.69, 9.17) is 5.84 Å². The molecular weight excluding hydrogens is 392 g/mol.